The summed E-state index contributed by atoms with van der Waals surface area (Å²) in [5.74, 6) is 2.45. The zero-order chi connectivity index (χ0) is 18.2. The van der Waals surface area contributed by atoms with Gasteiger partial charge in [-0.15, -0.1) is 23.1 Å². The van der Waals surface area contributed by atoms with Crippen molar-refractivity contribution in [1.82, 2.24) is 19.5 Å². The van der Waals surface area contributed by atoms with Gasteiger partial charge in [0.25, 0.3) is 5.56 Å². The largest absolute Gasteiger partial charge is 0.338 e. The summed E-state index contributed by atoms with van der Waals surface area (Å²) in [6, 6.07) is 3.63. The molecule has 0 saturated carbocycles. The van der Waals surface area contributed by atoms with Crippen LogP contribution in [0, 0.1) is 0 Å². The van der Waals surface area contributed by atoms with E-state index < -0.39 is 0 Å². The lowest BCUT2D eigenvalue weighted by Gasteiger charge is -2.10. The van der Waals surface area contributed by atoms with Gasteiger partial charge in [0.1, 0.15) is 0 Å². The van der Waals surface area contributed by atoms with Gasteiger partial charge in [-0.3, -0.25) is 9.20 Å². The maximum absolute atomic E-state index is 12.6. The van der Waals surface area contributed by atoms with Crippen LogP contribution in [0.1, 0.15) is 35.0 Å². The van der Waals surface area contributed by atoms with Gasteiger partial charge in [-0.05, 0) is 37.1 Å². The molecule has 9 heteroatoms. The number of thioether (sulfide) groups is 1. The Bertz CT molecular complexity index is 1140. The fourth-order valence-corrected chi connectivity index (χ4v) is 5.90. The number of hydrogen-bond acceptors (Lipinski definition) is 8. The van der Waals surface area contributed by atoms with Gasteiger partial charge >= 0.3 is 0 Å². The Morgan fingerprint density at radius 1 is 1.22 bits per heavy atom. The van der Waals surface area contributed by atoms with Gasteiger partial charge in [-0.25, -0.2) is 4.98 Å². The maximum Gasteiger partial charge on any atom is 0.259 e. The SMILES string of the molecule is O=c1cc(CSCc2nc(-c3ccsc3)no2)nc2sc3c(n12)CCCC3. The van der Waals surface area contributed by atoms with Gasteiger partial charge in [-0.2, -0.15) is 16.3 Å². The molecule has 1 aliphatic carbocycles. The van der Waals surface area contributed by atoms with Crippen LogP contribution in [0.2, 0.25) is 0 Å². The fourth-order valence-electron chi connectivity index (χ4n) is 3.28. The highest BCUT2D eigenvalue weighted by molar-refractivity contribution is 7.97. The molecule has 0 bridgehead atoms. The van der Waals surface area contributed by atoms with Crippen molar-refractivity contribution in [2.24, 2.45) is 0 Å². The molecule has 4 aromatic rings. The second-order valence-corrected chi connectivity index (χ2v) is 9.23. The van der Waals surface area contributed by atoms with Crippen LogP contribution < -0.4 is 5.56 Å². The van der Waals surface area contributed by atoms with E-state index in [9.17, 15) is 4.79 Å². The van der Waals surface area contributed by atoms with E-state index in [1.54, 1.807) is 44.9 Å². The number of fused-ring (bicyclic) bond motifs is 3. The normalized spacial score (nSPS) is 13.9. The highest BCUT2D eigenvalue weighted by Gasteiger charge is 2.18. The Morgan fingerprint density at radius 2 is 2.15 bits per heavy atom. The summed E-state index contributed by atoms with van der Waals surface area (Å²) in [5.41, 5.74) is 2.99. The van der Waals surface area contributed by atoms with Gasteiger partial charge in [0.15, 0.2) is 4.96 Å². The minimum absolute atomic E-state index is 0.0348. The first-order valence-electron chi connectivity index (χ1n) is 8.74. The first-order chi connectivity index (χ1) is 13.3. The lowest BCUT2D eigenvalue weighted by molar-refractivity contribution is 0.391. The molecule has 0 unspecified atom stereocenters. The second-order valence-electron chi connectivity index (χ2n) is 6.40. The Morgan fingerprint density at radius 3 is 3.04 bits per heavy atom. The summed E-state index contributed by atoms with van der Waals surface area (Å²) in [7, 11) is 0. The standard InChI is InChI=1S/C18H16N4O2S3/c23-16-7-12(19-18-22(16)13-3-1-2-4-14(13)27-18)9-26-10-15-20-17(21-24-15)11-5-6-25-8-11/h5-8H,1-4,9-10H2. The van der Waals surface area contributed by atoms with Gasteiger partial charge in [-0.1, -0.05) is 5.16 Å². The zero-order valence-corrected chi connectivity index (χ0v) is 16.8. The number of thiazole rings is 1. The predicted octanol–water partition coefficient (Wildman–Crippen LogP) is 4.18. The minimum atomic E-state index is 0.0348. The molecule has 0 aliphatic heterocycles. The third kappa shape index (κ3) is 3.35. The first-order valence-corrected chi connectivity index (χ1v) is 11.7. The highest BCUT2D eigenvalue weighted by Crippen LogP contribution is 2.28. The molecule has 0 saturated heterocycles. The molecule has 27 heavy (non-hydrogen) atoms. The van der Waals surface area contributed by atoms with E-state index in [0.717, 1.165) is 35.5 Å². The lowest BCUT2D eigenvalue weighted by atomic mass is 10.0. The zero-order valence-electron chi connectivity index (χ0n) is 14.4. The van der Waals surface area contributed by atoms with Crippen LogP contribution >= 0.6 is 34.4 Å². The molecule has 0 aromatic carbocycles. The number of nitrogens with zero attached hydrogens (tertiary/aromatic N) is 4. The molecule has 1 aliphatic rings. The van der Waals surface area contributed by atoms with E-state index in [1.165, 1.54) is 17.0 Å². The summed E-state index contributed by atoms with van der Waals surface area (Å²) in [6.07, 6.45) is 4.40. The summed E-state index contributed by atoms with van der Waals surface area (Å²) < 4.78 is 7.12. The molecule has 138 valence electrons. The van der Waals surface area contributed by atoms with E-state index >= 15 is 0 Å². The monoisotopic (exact) mass is 416 g/mol. The Balaban J connectivity index is 1.30. The molecule has 5 rings (SSSR count). The van der Waals surface area contributed by atoms with Gasteiger partial charge in [0.2, 0.25) is 11.7 Å². The van der Waals surface area contributed by atoms with E-state index in [4.69, 9.17) is 9.51 Å². The van der Waals surface area contributed by atoms with Crippen LogP contribution in [0.25, 0.3) is 16.3 Å². The molecule has 6 nitrogen and oxygen atoms in total. The van der Waals surface area contributed by atoms with Crippen LogP contribution in [0.5, 0.6) is 0 Å². The minimum Gasteiger partial charge on any atom is -0.338 e. The van der Waals surface area contributed by atoms with Crippen molar-refractivity contribution in [3.8, 4) is 11.4 Å². The summed E-state index contributed by atoms with van der Waals surface area (Å²) in [5, 5.41) is 8.00. The number of thiophene rings is 1. The van der Waals surface area contributed by atoms with Crippen LogP contribution in [0.15, 0.2) is 32.2 Å². The van der Waals surface area contributed by atoms with E-state index in [-0.39, 0.29) is 5.56 Å². The number of hydrogen-bond donors (Lipinski definition) is 0. The van der Waals surface area contributed by atoms with Gasteiger partial charge in [0.05, 0.1) is 11.4 Å². The Labute approximate surface area is 167 Å². The molecule has 4 heterocycles. The van der Waals surface area contributed by atoms with Crippen LogP contribution in [0.3, 0.4) is 0 Å². The average molecular weight is 417 g/mol. The highest BCUT2D eigenvalue weighted by atomic mass is 32.2. The second kappa shape index (κ2) is 7.21. The molecule has 0 spiro atoms. The predicted molar refractivity (Wildman–Crippen MR) is 109 cm³/mol. The molecule has 0 radical (unpaired) electrons. The van der Waals surface area contributed by atoms with E-state index in [2.05, 4.69) is 10.1 Å². The summed E-state index contributed by atoms with van der Waals surface area (Å²) in [6.45, 7) is 0. The molecular weight excluding hydrogens is 400 g/mol. The molecule has 0 N–H and O–H groups in total. The van der Waals surface area contributed by atoms with Gasteiger partial charge in [0, 0.05) is 33.3 Å². The molecule has 0 atom stereocenters. The van der Waals surface area contributed by atoms with Crippen molar-refractivity contribution in [2.45, 2.75) is 37.2 Å². The van der Waals surface area contributed by atoms with Crippen LogP contribution in [0.4, 0.5) is 0 Å². The van der Waals surface area contributed by atoms with E-state index in [0.29, 0.717) is 23.2 Å². The smallest absolute Gasteiger partial charge is 0.259 e. The van der Waals surface area contributed by atoms with Crippen molar-refractivity contribution >= 4 is 39.4 Å². The molecule has 4 aromatic heterocycles. The summed E-state index contributed by atoms with van der Waals surface area (Å²) in [4.78, 5) is 23.9. The van der Waals surface area contributed by atoms with Crippen LogP contribution in [-0.4, -0.2) is 19.5 Å². The Hall–Kier alpha value is -1.97. The first kappa shape index (κ1) is 17.2. The average Bonchev–Trinajstić information content (AvgIpc) is 3.40. The maximum atomic E-state index is 12.6. The fraction of sp³-hybridized carbons (Fsp3) is 0.333. The number of aromatic nitrogens is 4. The van der Waals surface area contributed by atoms with Crippen LogP contribution in [-0.2, 0) is 24.3 Å². The van der Waals surface area contributed by atoms with Crippen molar-refractivity contribution in [1.29, 1.82) is 0 Å². The quantitative estimate of drug-likeness (QED) is 0.486. The summed E-state index contributed by atoms with van der Waals surface area (Å²) >= 11 is 4.89. The molecule has 0 fully saturated rings. The molecule has 0 amide bonds. The van der Waals surface area contributed by atoms with E-state index in [1.807, 2.05) is 16.8 Å². The van der Waals surface area contributed by atoms with Crippen molar-refractivity contribution in [3.63, 3.8) is 0 Å². The van der Waals surface area contributed by atoms with Crippen molar-refractivity contribution in [2.75, 3.05) is 0 Å². The van der Waals surface area contributed by atoms with Gasteiger partial charge < -0.3 is 4.52 Å². The lowest BCUT2D eigenvalue weighted by Crippen LogP contribution is -2.17. The third-order valence-corrected chi connectivity index (χ3v) is 7.31. The third-order valence-electron chi connectivity index (χ3n) is 4.54. The topological polar surface area (TPSA) is 73.3 Å². The number of aryl methyl sites for hydroxylation is 2. The van der Waals surface area contributed by atoms with Crippen molar-refractivity contribution in [3.05, 3.63) is 55.4 Å². The molecular formula is C18H16N4O2S3. The van der Waals surface area contributed by atoms with Crippen molar-refractivity contribution < 1.29 is 4.52 Å². The Kier molecular flexibility index (Phi) is 4.58. The number of rotatable bonds is 5.